The number of methoxy groups -OCH3 is 1. The molecular weight excluding hydrogens is 392 g/mol. The van der Waals surface area contributed by atoms with Crippen LogP contribution in [0, 0.1) is 6.92 Å². The summed E-state index contributed by atoms with van der Waals surface area (Å²) >= 11 is 3.55. The SMILES string of the molecule is COc1ccc(N2CCN(C(=O)/C=C/c3ccc(C)cc3Br)CC2)cc1. The minimum Gasteiger partial charge on any atom is -0.497 e. The van der Waals surface area contributed by atoms with Gasteiger partial charge in [-0.05, 0) is 54.5 Å². The molecule has 2 aromatic rings. The Balaban J connectivity index is 1.56. The lowest BCUT2D eigenvalue weighted by Gasteiger charge is -2.35. The summed E-state index contributed by atoms with van der Waals surface area (Å²) in [5, 5.41) is 0. The zero-order valence-electron chi connectivity index (χ0n) is 15.1. The molecular formula is C21H23BrN2O2. The summed E-state index contributed by atoms with van der Waals surface area (Å²) in [5.74, 6) is 0.918. The second kappa shape index (κ2) is 8.41. The van der Waals surface area contributed by atoms with E-state index in [0.717, 1.165) is 47.7 Å². The van der Waals surface area contributed by atoms with Crippen LogP contribution in [0.15, 0.2) is 53.0 Å². The molecule has 26 heavy (non-hydrogen) atoms. The fourth-order valence-corrected chi connectivity index (χ4v) is 3.64. The van der Waals surface area contributed by atoms with Crippen molar-refractivity contribution in [3.63, 3.8) is 0 Å². The number of carbonyl (C=O) groups is 1. The minimum absolute atomic E-state index is 0.0619. The molecule has 1 heterocycles. The maximum absolute atomic E-state index is 12.5. The molecule has 0 unspecified atom stereocenters. The van der Waals surface area contributed by atoms with Crippen LogP contribution in [0.1, 0.15) is 11.1 Å². The molecule has 1 amide bonds. The van der Waals surface area contributed by atoms with E-state index in [9.17, 15) is 4.79 Å². The molecule has 136 valence electrons. The molecule has 0 radical (unpaired) electrons. The van der Waals surface area contributed by atoms with Crippen molar-refractivity contribution in [2.24, 2.45) is 0 Å². The molecule has 1 aliphatic heterocycles. The maximum atomic E-state index is 12.5. The van der Waals surface area contributed by atoms with E-state index in [4.69, 9.17) is 4.74 Å². The smallest absolute Gasteiger partial charge is 0.246 e. The first kappa shape index (κ1) is 18.5. The quantitative estimate of drug-likeness (QED) is 0.705. The van der Waals surface area contributed by atoms with Crippen molar-refractivity contribution in [2.75, 3.05) is 38.2 Å². The molecule has 5 heteroatoms. The van der Waals surface area contributed by atoms with E-state index in [1.165, 1.54) is 5.56 Å². The van der Waals surface area contributed by atoms with E-state index in [1.807, 2.05) is 42.2 Å². The summed E-state index contributed by atoms with van der Waals surface area (Å²) in [6, 6.07) is 14.2. The molecule has 2 aromatic carbocycles. The number of hydrogen-bond acceptors (Lipinski definition) is 3. The Hall–Kier alpha value is -2.27. The van der Waals surface area contributed by atoms with Crippen molar-refractivity contribution in [3.8, 4) is 5.75 Å². The van der Waals surface area contributed by atoms with Gasteiger partial charge in [0.25, 0.3) is 0 Å². The number of piperazine rings is 1. The molecule has 3 rings (SSSR count). The molecule has 0 N–H and O–H groups in total. The Morgan fingerprint density at radius 1 is 1.08 bits per heavy atom. The van der Waals surface area contributed by atoms with Crippen LogP contribution in [-0.4, -0.2) is 44.1 Å². The zero-order chi connectivity index (χ0) is 18.5. The average molecular weight is 415 g/mol. The van der Waals surface area contributed by atoms with Crippen molar-refractivity contribution in [1.29, 1.82) is 0 Å². The van der Waals surface area contributed by atoms with Crippen LogP contribution < -0.4 is 9.64 Å². The topological polar surface area (TPSA) is 32.8 Å². The zero-order valence-corrected chi connectivity index (χ0v) is 16.7. The first-order valence-corrected chi connectivity index (χ1v) is 9.48. The second-order valence-corrected chi connectivity index (χ2v) is 7.22. The van der Waals surface area contributed by atoms with Gasteiger partial charge in [-0.3, -0.25) is 4.79 Å². The van der Waals surface area contributed by atoms with Gasteiger partial charge in [0, 0.05) is 42.4 Å². The van der Waals surface area contributed by atoms with Gasteiger partial charge < -0.3 is 14.5 Å². The summed E-state index contributed by atoms with van der Waals surface area (Å²) in [5.41, 5.74) is 3.37. The van der Waals surface area contributed by atoms with Gasteiger partial charge in [0.1, 0.15) is 5.75 Å². The molecule has 1 fully saturated rings. The van der Waals surface area contributed by atoms with Crippen LogP contribution in [0.3, 0.4) is 0 Å². The third-order valence-corrected chi connectivity index (χ3v) is 5.28. The van der Waals surface area contributed by atoms with Crippen LogP contribution in [0.5, 0.6) is 5.75 Å². The van der Waals surface area contributed by atoms with E-state index in [-0.39, 0.29) is 5.91 Å². The number of carbonyl (C=O) groups excluding carboxylic acids is 1. The van der Waals surface area contributed by atoms with Crippen molar-refractivity contribution in [1.82, 2.24) is 4.90 Å². The Morgan fingerprint density at radius 3 is 2.38 bits per heavy atom. The van der Waals surface area contributed by atoms with Gasteiger partial charge in [-0.25, -0.2) is 0 Å². The second-order valence-electron chi connectivity index (χ2n) is 6.37. The molecule has 1 aliphatic rings. The van der Waals surface area contributed by atoms with Gasteiger partial charge in [-0.2, -0.15) is 0 Å². The highest BCUT2D eigenvalue weighted by molar-refractivity contribution is 9.10. The predicted molar refractivity (Wildman–Crippen MR) is 110 cm³/mol. The van der Waals surface area contributed by atoms with Gasteiger partial charge in [-0.1, -0.05) is 28.1 Å². The highest BCUT2D eigenvalue weighted by Gasteiger charge is 2.19. The number of rotatable bonds is 4. The van der Waals surface area contributed by atoms with Gasteiger partial charge in [0.05, 0.1) is 7.11 Å². The molecule has 0 aromatic heterocycles. The monoisotopic (exact) mass is 414 g/mol. The summed E-state index contributed by atoms with van der Waals surface area (Å²) in [4.78, 5) is 16.7. The van der Waals surface area contributed by atoms with Gasteiger partial charge in [0.15, 0.2) is 0 Å². The minimum atomic E-state index is 0.0619. The number of amides is 1. The van der Waals surface area contributed by atoms with E-state index < -0.39 is 0 Å². The highest BCUT2D eigenvalue weighted by Crippen LogP contribution is 2.21. The fraction of sp³-hybridized carbons (Fsp3) is 0.286. The van der Waals surface area contributed by atoms with Crippen LogP contribution in [0.4, 0.5) is 5.69 Å². The lowest BCUT2D eigenvalue weighted by molar-refractivity contribution is -0.126. The molecule has 1 saturated heterocycles. The van der Waals surface area contributed by atoms with Crippen LogP contribution in [-0.2, 0) is 4.79 Å². The summed E-state index contributed by atoms with van der Waals surface area (Å²) in [6.45, 7) is 5.17. The Bertz CT molecular complexity index is 794. The lowest BCUT2D eigenvalue weighted by atomic mass is 10.1. The normalized spacial score (nSPS) is 14.7. The summed E-state index contributed by atoms with van der Waals surface area (Å²) < 4.78 is 6.21. The number of halogens is 1. The molecule has 4 nitrogen and oxygen atoms in total. The standard InChI is InChI=1S/C21H23BrN2O2/c1-16-3-4-17(20(22)15-16)5-10-21(25)24-13-11-23(12-14-24)18-6-8-19(26-2)9-7-18/h3-10,15H,11-14H2,1-2H3/b10-5+. The first-order chi connectivity index (χ1) is 12.6. The maximum Gasteiger partial charge on any atom is 0.246 e. The van der Waals surface area contributed by atoms with Crippen LogP contribution >= 0.6 is 15.9 Å². The number of hydrogen-bond donors (Lipinski definition) is 0. The number of ether oxygens (including phenoxy) is 1. The van der Waals surface area contributed by atoms with Crippen molar-refractivity contribution in [3.05, 3.63) is 64.1 Å². The third-order valence-electron chi connectivity index (χ3n) is 4.59. The number of nitrogens with zero attached hydrogens (tertiary/aromatic N) is 2. The molecule has 0 saturated carbocycles. The average Bonchev–Trinajstić information content (AvgIpc) is 2.67. The Morgan fingerprint density at radius 2 is 1.77 bits per heavy atom. The summed E-state index contributed by atoms with van der Waals surface area (Å²) in [7, 11) is 1.67. The van der Waals surface area contributed by atoms with Crippen molar-refractivity contribution in [2.45, 2.75) is 6.92 Å². The van der Waals surface area contributed by atoms with Crippen LogP contribution in [0.2, 0.25) is 0 Å². The van der Waals surface area contributed by atoms with Gasteiger partial charge in [-0.15, -0.1) is 0 Å². The fourth-order valence-electron chi connectivity index (χ4n) is 3.01. The van der Waals surface area contributed by atoms with E-state index in [1.54, 1.807) is 13.2 Å². The molecule has 0 aliphatic carbocycles. The predicted octanol–water partition coefficient (Wildman–Crippen LogP) is 4.13. The largest absolute Gasteiger partial charge is 0.497 e. The van der Waals surface area contributed by atoms with Crippen LogP contribution in [0.25, 0.3) is 6.08 Å². The van der Waals surface area contributed by atoms with E-state index in [2.05, 4.69) is 39.0 Å². The van der Waals surface area contributed by atoms with Gasteiger partial charge in [0.2, 0.25) is 5.91 Å². The van der Waals surface area contributed by atoms with Gasteiger partial charge >= 0.3 is 0 Å². The highest BCUT2D eigenvalue weighted by atomic mass is 79.9. The first-order valence-electron chi connectivity index (χ1n) is 8.69. The molecule has 0 atom stereocenters. The molecule has 0 bridgehead atoms. The van der Waals surface area contributed by atoms with Crippen molar-refractivity contribution >= 4 is 33.6 Å². The number of benzene rings is 2. The Labute approximate surface area is 163 Å². The third kappa shape index (κ3) is 4.47. The Kier molecular flexibility index (Phi) is 5.99. The van der Waals surface area contributed by atoms with E-state index in [0.29, 0.717) is 0 Å². The summed E-state index contributed by atoms with van der Waals surface area (Å²) in [6.07, 6.45) is 3.54. The van der Waals surface area contributed by atoms with E-state index >= 15 is 0 Å². The van der Waals surface area contributed by atoms with Crippen molar-refractivity contribution < 1.29 is 9.53 Å². The molecule has 0 spiro atoms. The number of aryl methyl sites for hydroxylation is 1. The number of anilines is 1. The lowest BCUT2D eigenvalue weighted by Crippen LogP contribution is -2.48.